The molecule has 95 heavy (non-hydrogen) atoms. The molecule has 25 heteroatoms. The van der Waals surface area contributed by atoms with Crippen molar-refractivity contribution in [2.45, 2.75) is 189 Å². The normalized spacial score (nSPS) is 19.4. The maximum Gasteiger partial charge on any atom is 0.550 e. The highest BCUT2D eigenvalue weighted by atomic mass is 32.3. The number of aryl methyl sites for hydroxylation is 2. The van der Waals surface area contributed by atoms with Crippen molar-refractivity contribution in [2.24, 2.45) is 23.7 Å². The third-order valence-corrected chi connectivity index (χ3v) is 24.7. The van der Waals surface area contributed by atoms with Crippen LogP contribution in [-0.2, 0) is 49.3 Å². The molecule has 0 aliphatic heterocycles. The Morgan fingerprint density at radius 3 is 1.42 bits per heavy atom. The zero-order valence-electron chi connectivity index (χ0n) is 54.7. The highest BCUT2D eigenvalue weighted by Crippen LogP contribution is 2.59. The van der Waals surface area contributed by atoms with Crippen LogP contribution < -0.4 is 14.2 Å². The lowest BCUT2D eigenvalue weighted by molar-refractivity contribution is -0.440. The Morgan fingerprint density at radius 1 is 0.558 bits per heavy atom. The smallest absolute Gasteiger partial charge is 0.508 e. The van der Waals surface area contributed by atoms with Crippen molar-refractivity contribution in [3.63, 3.8) is 0 Å². The molecule has 3 aliphatic carbocycles. The average Bonchev–Trinajstić information content (AvgIpc) is 1.72. The Hall–Kier alpha value is -5.67. The lowest BCUT2D eigenvalue weighted by Gasteiger charge is -2.33. The third kappa shape index (κ3) is 22.2. The van der Waals surface area contributed by atoms with E-state index in [1.807, 2.05) is 31.2 Å². The van der Waals surface area contributed by atoms with Crippen molar-refractivity contribution in [2.75, 3.05) is 13.2 Å². The number of alkyl halides is 9. The number of benzene rings is 6. The summed E-state index contributed by atoms with van der Waals surface area (Å²) in [5, 5.41) is 9.01. The van der Waals surface area contributed by atoms with E-state index in [1.54, 1.807) is 12.1 Å². The largest absolute Gasteiger partial charge is 0.550 e. The van der Waals surface area contributed by atoms with Gasteiger partial charge in [-0.15, -0.1) is 30.1 Å². The van der Waals surface area contributed by atoms with E-state index >= 15 is 0 Å². The van der Waals surface area contributed by atoms with Crippen LogP contribution in [0.4, 0.5) is 39.5 Å². The summed E-state index contributed by atoms with van der Waals surface area (Å²) < 4.78 is 179. The minimum Gasteiger partial charge on any atom is -0.508 e. The molecule has 12 nitrogen and oxygen atoms in total. The standard InChI is InChI=1S/C34H39O3S.C22H32O2.C10H14O.C4F9O6S3/c1-6-25(2)29-17-19-30(20-18-29)37-28(5)35-21-22-36-34-26(3)23-33(24-27(34)4)38(31-13-9-7-10-14-31)32-15-11-8-12-16-32;1-4-14(2)16-8-10-18(11-9-16)23-15(3)24-22-13-17-12-21(22)20-7-5-6-19(17)20;1-3-8(2)9-4-6-10(11)7-5-9;5-2(6,7)18-19-20-1(21(14,15)3(8,9)10)22(16,17)4(11,12)13/h7-20,23-25,28H,6,21-22H2,1-5H3;8-11,14-15,17,19-22H,4-7,12-13H2,1-3H3;4-8,11H,3H2,1-2H3;/q+1;;;-1. The van der Waals surface area contributed by atoms with Crippen LogP contribution in [0.1, 0.15) is 152 Å². The van der Waals surface area contributed by atoms with E-state index in [4.69, 9.17) is 28.8 Å². The van der Waals surface area contributed by atoms with Crippen LogP contribution in [0.5, 0.6) is 23.0 Å². The highest BCUT2D eigenvalue weighted by Gasteiger charge is 2.56. The molecule has 6 aromatic carbocycles. The number of sulfone groups is 2. The molecule has 524 valence electrons. The molecule has 0 saturated heterocycles. The first-order chi connectivity index (χ1) is 44.7. The van der Waals surface area contributed by atoms with E-state index in [0.29, 0.717) is 42.8 Å². The Labute approximate surface area is 560 Å². The summed E-state index contributed by atoms with van der Waals surface area (Å²) in [4.78, 5) is 6.16. The topological polar surface area (TPSA) is 153 Å². The second-order valence-electron chi connectivity index (χ2n) is 23.7. The molecule has 0 radical (unpaired) electrons. The maximum atomic E-state index is 12.1. The van der Waals surface area contributed by atoms with Crippen molar-refractivity contribution in [3.8, 4) is 23.0 Å². The van der Waals surface area contributed by atoms with Crippen LogP contribution in [0, 0.1) is 41.4 Å². The first kappa shape index (κ1) is 78.3. The predicted octanol–water partition coefficient (Wildman–Crippen LogP) is 19.8. The minimum absolute atomic E-state index is 0.149. The first-order valence-corrected chi connectivity index (χ1v) is 36.4. The molecule has 2 bridgehead atoms. The van der Waals surface area contributed by atoms with Gasteiger partial charge in [0.15, 0.2) is 27.3 Å². The molecule has 3 fully saturated rings. The van der Waals surface area contributed by atoms with Gasteiger partial charge in [0, 0.05) is 16.0 Å². The van der Waals surface area contributed by atoms with Gasteiger partial charge in [-0.3, -0.25) is 16.8 Å². The number of ether oxygens (including phenoxy) is 5. The van der Waals surface area contributed by atoms with Gasteiger partial charge in [0.05, 0.1) is 23.6 Å². The van der Waals surface area contributed by atoms with E-state index in [9.17, 15) is 56.3 Å². The van der Waals surface area contributed by atoms with E-state index in [1.165, 1.54) is 69.9 Å². The van der Waals surface area contributed by atoms with Gasteiger partial charge < -0.3 is 28.8 Å². The lowest BCUT2D eigenvalue weighted by Crippen LogP contribution is -2.38. The maximum absolute atomic E-state index is 12.1. The van der Waals surface area contributed by atoms with Gasteiger partial charge in [-0.2, -0.15) is 30.7 Å². The molecule has 10 atom stereocenters. The van der Waals surface area contributed by atoms with E-state index in [2.05, 4.69) is 181 Å². The summed E-state index contributed by atoms with van der Waals surface area (Å²) in [6.07, 6.45) is 4.67. The number of halogens is 9. The van der Waals surface area contributed by atoms with Gasteiger partial charge in [-0.25, -0.2) is 0 Å². The molecule has 0 amide bonds. The van der Waals surface area contributed by atoms with Gasteiger partial charge in [0.1, 0.15) is 49.3 Å². The summed E-state index contributed by atoms with van der Waals surface area (Å²) in [5.74, 6) is 8.51. The van der Waals surface area contributed by atoms with Gasteiger partial charge in [-0.1, -0.05) is 121 Å². The fourth-order valence-corrected chi connectivity index (χ4v) is 17.7. The molecule has 0 spiro atoms. The predicted molar refractivity (Wildman–Crippen MR) is 351 cm³/mol. The Kier molecular flexibility index (Phi) is 29.0. The molecular weight excluding hydrogens is 1330 g/mol. The number of fused-ring (bicyclic) bond motifs is 5. The zero-order valence-corrected chi connectivity index (χ0v) is 57.9. The van der Waals surface area contributed by atoms with Crippen molar-refractivity contribution in [3.05, 3.63) is 177 Å². The molecule has 3 aliphatic rings. The molecule has 10 unspecified atom stereocenters. The van der Waals surface area contributed by atoms with Gasteiger partial charge in [-0.05, 0) is 203 Å². The quantitative estimate of drug-likeness (QED) is 0.00846. The fourth-order valence-electron chi connectivity index (χ4n) is 11.8. The number of phenols is 1. The Morgan fingerprint density at radius 2 is 0.989 bits per heavy atom. The van der Waals surface area contributed by atoms with Crippen LogP contribution in [0.3, 0.4) is 0 Å². The number of hydrogen-bond acceptors (Lipinski definition) is 13. The molecule has 9 rings (SSSR count). The zero-order chi connectivity index (χ0) is 70.1. The molecule has 0 aromatic heterocycles. The minimum atomic E-state index is -7.20. The van der Waals surface area contributed by atoms with Crippen molar-refractivity contribution >= 4 is 42.6 Å². The van der Waals surface area contributed by atoms with Gasteiger partial charge in [0.2, 0.25) is 0 Å². The third-order valence-electron chi connectivity index (χ3n) is 17.1. The number of aromatic hydroxyl groups is 1. The monoisotopic (exact) mass is 1420 g/mol. The van der Waals surface area contributed by atoms with Crippen LogP contribution in [0.2, 0.25) is 0 Å². The Balaban J connectivity index is 0.000000217. The van der Waals surface area contributed by atoms with E-state index in [0.717, 1.165) is 64.9 Å². The van der Waals surface area contributed by atoms with Crippen LogP contribution in [-0.4, -0.2) is 71.2 Å². The summed E-state index contributed by atoms with van der Waals surface area (Å²) >= 11 is -1.93. The first-order valence-electron chi connectivity index (χ1n) is 31.5. The number of rotatable bonds is 25. The molecule has 1 N–H and O–H groups in total. The van der Waals surface area contributed by atoms with Gasteiger partial charge in [0.25, 0.3) is 0 Å². The number of phenolic OH excluding ortho intramolecular Hbond substituents is 1. The van der Waals surface area contributed by atoms with E-state index in [-0.39, 0.29) is 23.5 Å². The Bertz CT molecular complexity index is 3410. The van der Waals surface area contributed by atoms with E-state index < -0.39 is 53.0 Å². The van der Waals surface area contributed by atoms with Crippen LogP contribution in [0.15, 0.2) is 160 Å². The van der Waals surface area contributed by atoms with Gasteiger partial charge >= 0.3 is 17.4 Å². The summed E-state index contributed by atoms with van der Waals surface area (Å²) in [5.41, 5.74) is -6.84. The lowest BCUT2D eigenvalue weighted by atomic mass is 9.80. The van der Waals surface area contributed by atoms with Crippen LogP contribution in [0.25, 0.3) is 0 Å². The van der Waals surface area contributed by atoms with Crippen LogP contribution >= 0.6 is 12.0 Å². The highest BCUT2D eigenvalue weighted by molar-refractivity contribution is 8.30. The summed E-state index contributed by atoms with van der Waals surface area (Å²) in [6, 6.07) is 50.3. The fraction of sp³-hybridized carbons (Fsp3) is 0.471. The summed E-state index contributed by atoms with van der Waals surface area (Å²) in [6.45, 7) is 22.4. The molecule has 0 heterocycles. The SMILES string of the molecule is CCC(C)c1ccc(O)cc1.CCC(C)c1ccc(OC(C)OC2CC3CC2C2CCCC32)cc1.CCC(C)c1ccc(OC(C)OCCOc2c(C)cc([S+](c3ccccc3)c3ccccc3)cc2C)cc1.O=S(=O)([C-](SOOC(F)(F)F)S(=O)(=O)C(F)(F)F)C(F)(F)F. The van der Waals surface area contributed by atoms with Crippen molar-refractivity contribution in [1.29, 1.82) is 0 Å². The summed E-state index contributed by atoms with van der Waals surface area (Å²) in [7, 11) is -14.6. The second kappa shape index (κ2) is 35.2. The molecule has 6 aromatic rings. The average molecular weight is 1420 g/mol. The number of hydrogen-bond donors (Lipinski definition) is 1. The second-order valence-corrected chi connectivity index (χ2v) is 31.0. The molecule has 3 saturated carbocycles. The van der Waals surface area contributed by atoms with Crippen molar-refractivity contribution < 1.29 is 94.4 Å². The molecular formula is C70H85F9O12S4. The van der Waals surface area contributed by atoms with Crippen molar-refractivity contribution in [1.82, 2.24) is 0 Å².